The highest BCUT2D eigenvalue weighted by molar-refractivity contribution is 7.99. The van der Waals surface area contributed by atoms with Crippen molar-refractivity contribution in [3.8, 4) is 44.5 Å². The highest BCUT2D eigenvalue weighted by atomic mass is 32.2. The summed E-state index contributed by atoms with van der Waals surface area (Å²) in [6.07, 6.45) is 11.2. The van der Waals surface area contributed by atoms with E-state index in [1.54, 1.807) is 0 Å². The van der Waals surface area contributed by atoms with Crippen LogP contribution in [0.5, 0.6) is 0 Å². The zero-order valence-electron chi connectivity index (χ0n) is 50.9. The largest absolute Gasteiger partial charge is 0.354 e. The topological polar surface area (TPSA) is 57.4 Å². The third-order valence-electron chi connectivity index (χ3n) is 16.8. The van der Waals surface area contributed by atoms with E-state index in [-0.39, 0.29) is 0 Å². The van der Waals surface area contributed by atoms with Crippen LogP contribution in [-0.4, -0.2) is 43.8 Å². The van der Waals surface area contributed by atoms with Crippen LogP contribution in [0.3, 0.4) is 0 Å². The third kappa shape index (κ3) is 12.8. The molecule has 8 heteroatoms. The number of nitrogens with one attached hydrogen (secondary N) is 2. The number of thioether (sulfide) groups is 2. The zero-order chi connectivity index (χ0) is 60.1. The summed E-state index contributed by atoms with van der Waals surface area (Å²) in [6.45, 7) is 13.3. The summed E-state index contributed by atoms with van der Waals surface area (Å²) in [5.41, 5.74) is 26.5. The molecular weight excluding hydrogens is 1140 g/mol. The van der Waals surface area contributed by atoms with E-state index in [1.807, 2.05) is 23.5 Å². The van der Waals surface area contributed by atoms with E-state index in [4.69, 9.17) is 9.97 Å². The van der Waals surface area contributed by atoms with Crippen molar-refractivity contribution in [3.63, 3.8) is 0 Å². The number of aryl methyl sites for hydroxylation is 6. The number of nitrogens with zero attached hydrogens (tertiary/aromatic N) is 2. The lowest BCUT2D eigenvalue weighted by molar-refractivity contribution is 1.28. The Bertz CT molecular complexity index is 4130. The fourth-order valence-electron chi connectivity index (χ4n) is 13.0. The number of fused-ring (bicyclic) bond motifs is 8. The van der Waals surface area contributed by atoms with Gasteiger partial charge in [0.05, 0.1) is 22.8 Å². The van der Waals surface area contributed by atoms with Gasteiger partial charge >= 0.3 is 0 Å². The molecule has 2 N–H and O–H groups in total. The Balaban J connectivity index is 0.914. The second-order valence-electron chi connectivity index (χ2n) is 23.2. The maximum absolute atomic E-state index is 5.72. The number of H-pyrrole nitrogens is 2. The molecule has 11 aromatic rings. The van der Waals surface area contributed by atoms with Crippen LogP contribution in [0.1, 0.15) is 67.3 Å². The van der Waals surface area contributed by atoms with E-state index in [0.29, 0.717) is 0 Å². The summed E-state index contributed by atoms with van der Waals surface area (Å²) in [4.78, 5) is 19.5. The minimum Gasteiger partial charge on any atom is -0.354 e. The van der Waals surface area contributed by atoms with Crippen LogP contribution >= 0.6 is 39.4 Å². The number of aromatic nitrogens is 4. The Kier molecular flexibility index (Phi) is 17.9. The van der Waals surface area contributed by atoms with Crippen LogP contribution in [0, 0.1) is 41.5 Å². The Labute approximate surface area is 530 Å². The van der Waals surface area contributed by atoms with Gasteiger partial charge in [-0.05, 0) is 207 Å². The highest BCUT2D eigenvalue weighted by Gasteiger charge is 2.23. The molecule has 0 fully saturated rings. The van der Waals surface area contributed by atoms with E-state index in [0.717, 1.165) is 114 Å². The summed E-state index contributed by atoms with van der Waals surface area (Å²) in [7, 11) is -0.876. The maximum Gasteiger partial charge on any atom is 0.0737 e. The molecule has 2 aliphatic heterocycles. The van der Waals surface area contributed by atoms with Crippen LogP contribution in [0.2, 0.25) is 0 Å². The first-order valence-electron chi connectivity index (χ1n) is 30.5. The Morgan fingerprint density at radius 2 is 0.602 bits per heavy atom. The van der Waals surface area contributed by atoms with Crippen molar-refractivity contribution in [3.05, 3.63) is 286 Å². The minimum atomic E-state index is -0.438. The maximum atomic E-state index is 5.72. The van der Waals surface area contributed by atoms with Gasteiger partial charge in [-0.1, -0.05) is 205 Å². The molecule has 0 spiro atoms. The number of hydrogen-bond acceptors (Lipinski definition) is 4. The molecule has 0 unspecified atom stereocenters. The molecule has 434 valence electrons. The number of rotatable bonds is 18. The van der Waals surface area contributed by atoms with Gasteiger partial charge in [-0.3, -0.25) is 0 Å². The molecule has 3 aromatic heterocycles. The van der Waals surface area contributed by atoms with E-state index in [2.05, 4.69) is 294 Å². The first-order valence-corrected chi connectivity index (χ1v) is 35.9. The van der Waals surface area contributed by atoms with Crippen molar-refractivity contribution < 1.29 is 0 Å². The van der Waals surface area contributed by atoms with Gasteiger partial charge in [-0.15, -0.1) is 0 Å². The Morgan fingerprint density at radius 1 is 0.318 bits per heavy atom. The minimum absolute atomic E-state index is 0.438. The fraction of sp³-hybridized carbons (Fsp3) is 0.150. The number of benzene rings is 8. The second kappa shape index (κ2) is 26.7. The molecule has 2 aliphatic rings. The first-order chi connectivity index (χ1) is 43.1. The van der Waals surface area contributed by atoms with E-state index in [1.165, 1.54) is 76.9 Å². The van der Waals surface area contributed by atoms with Gasteiger partial charge in [-0.25, -0.2) is 9.97 Å². The highest BCUT2D eigenvalue weighted by Crippen LogP contribution is 2.43. The van der Waals surface area contributed by atoms with Gasteiger partial charge in [0.2, 0.25) is 0 Å². The molecule has 0 saturated heterocycles. The summed E-state index contributed by atoms with van der Waals surface area (Å²) in [5.74, 6) is 4.05. The smallest absolute Gasteiger partial charge is 0.0737 e. The van der Waals surface area contributed by atoms with Gasteiger partial charge in [0.15, 0.2) is 0 Å². The van der Waals surface area contributed by atoms with Crippen LogP contribution in [0.25, 0.3) is 90.9 Å². The average molecular weight is 1220 g/mol. The monoisotopic (exact) mass is 1210 g/mol. The van der Waals surface area contributed by atoms with E-state index >= 15 is 0 Å². The molecule has 8 bridgehead atoms. The Morgan fingerprint density at radius 3 is 0.909 bits per heavy atom. The van der Waals surface area contributed by atoms with Crippen LogP contribution in [-0.2, 0) is 11.5 Å². The van der Waals surface area contributed by atoms with Crippen molar-refractivity contribution >= 4 is 107 Å². The van der Waals surface area contributed by atoms with Crippen molar-refractivity contribution in [1.29, 1.82) is 0 Å². The molecule has 0 atom stereocenters. The standard InChI is InChI=1S/C80H72N4P2S2/c1-53-47-55(3)75(56(4)48-53)79-71-39-35-67(81-71)77(61-31-27-59(28-32-61)51-87-45-43-85(63-19-11-7-12-20-63)64-21-13-8-14-22-64)69-37-41-73(83-69)80(76-57(5)49-54(2)50-58(76)6)74-42-38-70(84-74)78(68-36-40-72(79)82-68)62-33-29-60(30-34-62)52-88-46-44-86(65-23-15-9-16-24-65)66-25-17-10-18-26-66/h7-42,47-50,81,84H,43-46,51-52H2,1-6H3. The van der Waals surface area contributed by atoms with Crippen molar-refractivity contribution in [2.75, 3.05) is 23.8 Å². The molecular formula is C80H72N4P2S2. The second-order valence-corrected chi connectivity index (χ2v) is 30.1. The van der Waals surface area contributed by atoms with Crippen LogP contribution in [0.15, 0.2) is 218 Å². The summed E-state index contributed by atoms with van der Waals surface area (Å²) in [6, 6.07) is 81.0. The predicted octanol–water partition coefficient (Wildman–Crippen LogP) is 19.9. The molecule has 4 nitrogen and oxygen atoms in total. The predicted molar refractivity (Wildman–Crippen MR) is 389 cm³/mol. The van der Waals surface area contributed by atoms with Gasteiger partial charge in [0.1, 0.15) is 0 Å². The lowest BCUT2D eigenvalue weighted by atomic mass is 9.92. The summed E-state index contributed by atoms with van der Waals surface area (Å²) in [5, 5.41) is 5.75. The molecule has 0 aliphatic carbocycles. The van der Waals surface area contributed by atoms with Gasteiger partial charge in [0, 0.05) is 55.8 Å². The number of hydrogen-bond donors (Lipinski definition) is 2. The van der Waals surface area contributed by atoms with Crippen molar-refractivity contribution in [2.45, 2.75) is 53.0 Å². The third-order valence-corrected chi connectivity index (χ3v) is 24.5. The quantitative estimate of drug-likeness (QED) is 0.0664. The average Bonchev–Trinajstić information content (AvgIpc) is 2.21. The molecule has 0 radical (unpaired) electrons. The van der Waals surface area contributed by atoms with Crippen LogP contribution in [0.4, 0.5) is 0 Å². The molecule has 8 aromatic carbocycles. The lowest BCUT2D eigenvalue weighted by Gasteiger charge is -2.18. The van der Waals surface area contributed by atoms with Crippen molar-refractivity contribution in [2.24, 2.45) is 0 Å². The zero-order valence-corrected chi connectivity index (χ0v) is 54.4. The molecule has 5 heterocycles. The lowest BCUT2D eigenvalue weighted by Crippen LogP contribution is -2.14. The molecule has 88 heavy (non-hydrogen) atoms. The SMILES string of the molecule is Cc1cc(C)c(-c2c3nc(c(-c4ccc(CSCCP(c5ccccc5)c5ccccc5)cc4)c4ccc([nH]4)c(-c4c(C)cc(C)cc4C)c4nc(c(-c5ccc(CSCCP(c6ccccc6)c6ccccc6)cc5)c5ccc2[nH]5)C=C4)C=C3)c(C)c1. The molecule has 0 saturated carbocycles. The van der Waals surface area contributed by atoms with Crippen LogP contribution < -0.4 is 21.2 Å². The fourth-order valence-corrected chi connectivity index (χ4v) is 20.4. The number of aromatic amines is 2. The van der Waals surface area contributed by atoms with Crippen molar-refractivity contribution in [1.82, 2.24) is 19.9 Å². The first kappa shape index (κ1) is 58.9. The molecule has 0 amide bonds. The van der Waals surface area contributed by atoms with Gasteiger partial charge in [-0.2, -0.15) is 23.5 Å². The summed E-state index contributed by atoms with van der Waals surface area (Å²) >= 11 is 4.05. The van der Waals surface area contributed by atoms with E-state index < -0.39 is 15.8 Å². The Hall–Kier alpha value is -8.08. The van der Waals surface area contributed by atoms with Gasteiger partial charge < -0.3 is 9.97 Å². The van der Waals surface area contributed by atoms with Gasteiger partial charge in [0.25, 0.3) is 0 Å². The molecule has 13 rings (SSSR count). The van der Waals surface area contributed by atoms with E-state index in [9.17, 15) is 0 Å². The normalized spacial score (nSPS) is 12.0. The summed E-state index contributed by atoms with van der Waals surface area (Å²) < 4.78 is 0.